The smallest absolute Gasteiger partial charge is 0.239 e. The maximum atomic E-state index is 11.7. The van der Waals surface area contributed by atoms with Crippen LogP contribution in [0.2, 0.25) is 0 Å². The van der Waals surface area contributed by atoms with Gasteiger partial charge in [0.25, 0.3) is 0 Å². The molecule has 0 bridgehead atoms. The first-order chi connectivity index (χ1) is 6.56. The highest BCUT2D eigenvalue weighted by molar-refractivity contribution is 5.81. The van der Waals surface area contributed by atoms with Crippen LogP contribution in [0.5, 0.6) is 0 Å². The number of piperidine rings is 1. The monoisotopic (exact) mass is 200 g/mol. The van der Waals surface area contributed by atoms with Crippen molar-refractivity contribution in [1.82, 2.24) is 10.2 Å². The summed E-state index contributed by atoms with van der Waals surface area (Å²) in [5.41, 5.74) is 0. The summed E-state index contributed by atoms with van der Waals surface area (Å²) < 4.78 is 0. The maximum absolute atomic E-state index is 11.7. The lowest BCUT2D eigenvalue weighted by Crippen LogP contribution is -2.51. The molecule has 0 saturated carbocycles. The van der Waals surface area contributed by atoms with Crippen LogP contribution in [-0.4, -0.2) is 48.2 Å². The van der Waals surface area contributed by atoms with Crippen LogP contribution in [0.25, 0.3) is 0 Å². The third kappa shape index (κ3) is 2.45. The second kappa shape index (κ2) is 4.75. The summed E-state index contributed by atoms with van der Waals surface area (Å²) in [6.45, 7) is 5.11. The molecule has 1 aliphatic heterocycles. The van der Waals surface area contributed by atoms with Gasteiger partial charge in [0.05, 0.1) is 12.1 Å². The van der Waals surface area contributed by atoms with E-state index in [1.54, 1.807) is 11.9 Å². The van der Waals surface area contributed by atoms with Crippen LogP contribution in [0.1, 0.15) is 20.3 Å². The first-order valence-electron chi connectivity index (χ1n) is 5.20. The van der Waals surface area contributed by atoms with Crippen LogP contribution < -0.4 is 5.32 Å². The molecule has 1 saturated heterocycles. The van der Waals surface area contributed by atoms with Gasteiger partial charge >= 0.3 is 0 Å². The topological polar surface area (TPSA) is 52.6 Å². The van der Waals surface area contributed by atoms with Gasteiger partial charge in [-0.2, -0.15) is 0 Å². The molecule has 0 aromatic carbocycles. The molecule has 1 heterocycles. The minimum absolute atomic E-state index is 0.0819. The van der Waals surface area contributed by atoms with Gasteiger partial charge < -0.3 is 15.3 Å². The van der Waals surface area contributed by atoms with Crippen molar-refractivity contribution in [3.05, 3.63) is 0 Å². The Morgan fingerprint density at radius 1 is 1.64 bits per heavy atom. The van der Waals surface area contributed by atoms with Crippen molar-refractivity contribution >= 4 is 5.91 Å². The number of likely N-dealkylation sites (tertiary alicyclic amines) is 1. The van der Waals surface area contributed by atoms with E-state index in [9.17, 15) is 9.90 Å². The van der Waals surface area contributed by atoms with E-state index in [1.807, 2.05) is 13.8 Å². The van der Waals surface area contributed by atoms with Crippen molar-refractivity contribution in [2.24, 2.45) is 5.92 Å². The molecule has 14 heavy (non-hydrogen) atoms. The fourth-order valence-electron chi connectivity index (χ4n) is 1.65. The Labute approximate surface area is 85.3 Å². The molecule has 1 amide bonds. The van der Waals surface area contributed by atoms with Gasteiger partial charge in [0.15, 0.2) is 0 Å². The van der Waals surface area contributed by atoms with Crippen molar-refractivity contribution in [3.63, 3.8) is 0 Å². The molecule has 4 nitrogen and oxygen atoms in total. The first kappa shape index (κ1) is 11.5. The van der Waals surface area contributed by atoms with Crippen LogP contribution in [-0.2, 0) is 4.79 Å². The Bertz CT molecular complexity index is 208. The van der Waals surface area contributed by atoms with E-state index < -0.39 is 0 Å². The van der Waals surface area contributed by atoms with E-state index in [0.29, 0.717) is 12.5 Å². The van der Waals surface area contributed by atoms with Crippen LogP contribution in [0.4, 0.5) is 0 Å². The van der Waals surface area contributed by atoms with Gasteiger partial charge in [0.2, 0.25) is 5.91 Å². The molecule has 3 atom stereocenters. The average Bonchev–Trinajstić information content (AvgIpc) is 2.20. The second-order valence-corrected chi connectivity index (χ2v) is 4.13. The summed E-state index contributed by atoms with van der Waals surface area (Å²) in [6.07, 6.45) is 0.528. The van der Waals surface area contributed by atoms with Gasteiger partial charge in [-0.3, -0.25) is 4.79 Å². The molecule has 0 aliphatic carbocycles. The van der Waals surface area contributed by atoms with E-state index in [1.165, 1.54) is 0 Å². The van der Waals surface area contributed by atoms with E-state index in [4.69, 9.17) is 0 Å². The summed E-state index contributed by atoms with van der Waals surface area (Å²) in [4.78, 5) is 13.5. The van der Waals surface area contributed by atoms with Crippen LogP contribution in [0, 0.1) is 5.92 Å². The van der Waals surface area contributed by atoms with Gasteiger partial charge in [0, 0.05) is 13.1 Å². The van der Waals surface area contributed by atoms with Gasteiger partial charge in [-0.05, 0) is 26.3 Å². The third-order valence-electron chi connectivity index (χ3n) is 3.03. The molecule has 1 aliphatic rings. The van der Waals surface area contributed by atoms with E-state index >= 15 is 0 Å². The Hall–Kier alpha value is -0.610. The summed E-state index contributed by atoms with van der Waals surface area (Å²) in [5, 5.41) is 12.6. The second-order valence-electron chi connectivity index (χ2n) is 4.13. The maximum Gasteiger partial charge on any atom is 0.239 e. The number of rotatable bonds is 2. The predicted octanol–water partition coefficient (Wildman–Crippen LogP) is -0.176. The zero-order valence-electron chi connectivity index (χ0n) is 9.16. The number of carbonyl (C=O) groups is 1. The van der Waals surface area contributed by atoms with Crippen LogP contribution >= 0.6 is 0 Å². The predicted molar refractivity (Wildman–Crippen MR) is 54.9 cm³/mol. The number of hydrogen-bond donors (Lipinski definition) is 2. The molecule has 4 heteroatoms. The summed E-state index contributed by atoms with van der Waals surface area (Å²) in [6, 6.07) is -0.157. The number of aliphatic hydroxyl groups excluding tert-OH is 1. The zero-order chi connectivity index (χ0) is 10.7. The van der Waals surface area contributed by atoms with Gasteiger partial charge in [-0.1, -0.05) is 6.92 Å². The highest BCUT2D eigenvalue weighted by Gasteiger charge is 2.28. The summed E-state index contributed by atoms with van der Waals surface area (Å²) in [5.74, 6) is 0.391. The number of amides is 1. The number of likely N-dealkylation sites (N-methyl/N-ethyl adjacent to an activating group) is 1. The highest BCUT2D eigenvalue weighted by Crippen LogP contribution is 2.17. The average molecular weight is 200 g/mol. The molecule has 82 valence electrons. The van der Waals surface area contributed by atoms with E-state index in [-0.39, 0.29) is 18.1 Å². The van der Waals surface area contributed by atoms with Crippen molar-refractivity contribution in [3.8, 4) is 0 Å². The normalized spacial score (nSPS) is 30.1. The van der Waals surface area contributed by atoms with E-state index in [2.05, 4.69) is 5.32 Å². The Morgan fingerprint density at radius 3 is 2.79 bits per heavy atom. The lowest BCUT2D eigenvalue weighted by atomic mass is 9.96. The van der Waals surface area contributed by atoms with Gasteiger partial charge in [0.1, 0.15) is 0 Å². The van der Waals surface area contributed by atoms with Crippen molar-refractivity contribution in [2.75, 3.05) is 20.1 Å². The number of β-amino-alcohol motifs (C(OH)–C–C–N with tert-alkyl or cyclic N) is 1. The Morgan fingerprint density at radius 2 is 2.29 bits per heavy atom. The standard InChI is InChI=1S/C10H20N2O2/c1-7-4-5-12(6-9(7)13)10(14)8(2)11-3/h7-9,11,13H,4-6H2,1-3H3. The number of nitrogens with one attached hydrogen (secondary N) is 1. The number of carbonyl (C=O) groups excluding carboxylic acids is 1. The molecule has 0 aromatic rings. The van der Waals surface area contributed by atoms with Crippen molar-refractivity contribution in [1.29, 1.82) is 0 Å². The molecule has 0 aromatic heterocycles. The molecular weight excluding hydrogens is 180 g/mol. The largest absolute Gasteiger partial charge is 0.391 e. The minimum Gasteiger partial charge on any atom is -0.391 e. The van der Waals surface area contributed by atoms with Crippen molar-refractivity contribution in [2.45, 2.75) is 32.4 Å². The third-order valence-corrected chi connectivity index (χ3v) is 3.03. The van der Waals surface area contributed by atoms with Gasteiger partial charge in [-0.15, -0.1) is 0 Å². The summed E-state index contributed by atoms with van der Waals surface area (Å²) in [7, 11) is 1.77. The first-order valence-corrected chi connectivity index (χ1v) is 5.20. The Balaban J connectivity index is 2.50. The molecular formula is C10H20N2O2. The number of nitrogens with zero attached hydrogens (tertiary/aromatic N) is 1. The number of hydrogen-bond acceptors (Lipinski definition) is 3. The molecule has 0 spiro atoms. The van der Waals surface area contributed by atoms with Crippen molar-refractivity contribution < 1.29 is 9.90 Å². The molecule has 1 fully saturated rings. The van der Waals surface area contributed by atoms with Crippen LogP contribution in [0.3, 0.4) is 0 Å². The molecule has 0 radical (unpaired) electrons. The quantitative estimate of drug-likeness (QED) is 0.650. The Kier molecular flexibility index (Phi) is 3.89. The van der Waals surface area contributed by atoms with Gasteiger partial charge in [-0.25, -0.2) is 0 Å². The van der Waals surface area contributed by atoms with E-state index in [0.717, 1.165) is 13.0 Å². The molecule has 1 rings (SSSR count). The fourth-order valence-corrected chi connectivity index (χ4v) is 1.65. The lowest BCUT2D eigenvalue weighted by Gasteiger charge is -2.35. The zero-order valence-corrected chi connectivity index (χ0v) is 9.16. The SMILES string of the molecule is CNC(C)C(=O)N1CCC(C)C(O)C1. The minimum atomic E-state index is -0.364. The number of aliphatic hydroxyl groups is 1. The molecule has 3 unspecified atom stereocenters. The highest BCUT2D eigenvalue weighted by atomic mass is 16.3. The fraction of sp³-hybridized carbons (Fsp3) is 0.900. The lowest BCUT2D eigenvalue weighted by molar-refractivity contribution is -0.137. The van der Waals surface area contributed by atoms with Crippen LogP contribution in [0.15, 0.2) is 0 Å². The summed E-state index contributed by atoms with van der Waals surface area (Å²) >= 11 is 0. The molecule has 2 N–H and O–H groups in total.